The highest BCUT2D eigenvalue weighted by molar-refractivity contribution is 4.86. The first-order valence-electron chi connectivity index (χ1n) is 3.85. The number of hydrogen-bond acceptors (Lipinski definition) is 0. The first kappa shape index (κ1) is 8.74. The molecule has 0 amide bonds. The quantitative estimate of drug-likeness (QED) is 0.509. The minimum absolute atomic E-state index is 0.741. The summed E-state index contributed by atoms with van der Waals surface area (Å²) < 4.78 is 0. The lowest BCUT2D eigenvalue weighted by Crippen LogP contribution is -1.98. The summed E-state index contributed by atoms with van der Waals surface area (Å²) in [4.78, 5) is 0. The zero-order valence-corrected chi connectivity index (χ0v) is 7.02. The van der Waals surface area contributed by atoms with E-state index in [4.69, 9.17) is 0 Å². The van der Waals surface area contributed by atoms with Crippen molar-refractivity contribution in [3.05, 3.63) is 12.2 Å². The van der Waals surface area contributed by atoms with Gasteiger partial charge >= 0.3 is 0 Å². The zero-order chi connectivity index (χ0) is 7.28. The minimum Gasteiger partial charge on any atom is -0.0885 e. The monoisotopic (exact) mass is 126 g/mol. The molecule has 0 N–H and O–H groups in total. The van der Waals surface area contributed by atoms with Gasteiger partial charge in [0.15, 0.2) is 0 Å². The fraction of sp³-hybridized carbons (Fsp3) is 0.778. The maximum atomic E-state index is 2.30. The van der Waals surface area contributed by atoms with E-state index in [0.717, 1.165) is 18.3 Å². The van der Waals surface area contributed by atoms with Gasteiger partial charge in [0, 0.05) is 0 Å². The standard InChI is InChI=1S/C9H18/c1-5-6-7-9(4)8(2)3/h6-9H,5H2,1-4H3/b7-6+/t9-/m1/s1. The first-order valence-corrected chi connectivity index (χ1v) is 3.85. The van der Waals surface area contributed by atoms with Gasteiger partial charge in [-0.2, -0.15) is 0 Å². The Balaban J connectivity index is 3.48. The normalized spacial score (nSPS) is 15.2. The third kappa shape index (κ3) is 4.26. The molecule has 0 aromatic carbocycles. The first-order chi connectivity index (χ1) is 4.18. The topological polar surface area (TPSA) is 0 Å². The average molecular weight is 126 g/mol. The van der Waals surface area contributed by atoms with E-state index in [1.165, 1.54) is 0 Å². The van der Waals surface area contributed by atoms with Crippen LogP contribution in [0.25, 0.3) is 0 Å². The molecule has 0 aliphatic carbocycles. The van der Waals surface area contributed by atoms with Crippen LogP contribution in [0, 0.1) is 11.8 Å². The summed E-state index contributed by atoms with van der Waals surface area (Å²) in [6.07, 6.45) is 5.70. The van der Waals surface area contributed by atoms with Crippen molar-refractivity contribution in [3.63, 3.8) is 0 Å². The van der Waals surface area contributed by atoms with Gasteiger partial charge in [-0.1, -0.05) is 39.8 Å². The Kier molecular flexibility index (Phi) is 4.47. The van der Waals surface area contributed by atoms with Gasteiger partial charge in [-0.05, 0) is 18.3 Å². The van der Waals surface area contributed by atoms with E-state index in [-0.39, 0.29) is 0 Å². The highest BCUT2D eigenvalue weighted by Gasteiger charge is 1.99. The lowest BCUT2D eigenvalue weighted by Gasteiger charge is -2.08. The Bertz CT molecular complexity index is 80.0. The van der Waals surface area contributed by atoms with Crippen LogP contribution >= 0.6 is 0 Å². The maximum absolute atomic E-state index is 2.30. The summed E-state index contributed by atoms with van der Waals surface area (Å²) >= 11 is 0. The molecule has 0 saturated carbocycles. The van der Waals surface area contributed by atoms with Crippen molar-refractivity contribution in [2.75, 3.05) is 0 Å². The number of rotatable bonds is 3. The van der Waals surface area contributed by atoms with E-state index in [9.17, 15) is 0 Å². The summed E-state index contributed by atoms with van der Waals surface area (Å²) in [6.45, 7) is 8.94. The van der Waals surface area contributed by atoms with Crippen LogP contribution in [0.3, 0.4) is 0 Å². The van der Waals surface area contributed by atoms with E-state index in [0.29, 0.717) is 0 Å². The molecule has 0 aromatic rings. The molecule has 0 radical (unpaired) electrons. The predicted molar refractivity (Wildman–Crippen MR) is 43.4 cm³/mol. The van der Waals surface area contributed by atoms with Gasteiger partial charge in [0.2, 0.25) is 0 Å². The summed E-state index contributed by atoms with van der Waals surface area (Å²) in [5.41, 5.74) is 0. The maximum Gasteiger partial charge on any atom is -0.0239 e. The van der Waals surface area contributed by atoms with Gasteiger partial charge < -0.3 is 0 Å². The van der Waals surface area contributed by atoms with Crippen molar-refractivity contribution in [1.82, 2.24) is 0 Å². The second-order valence-corrected chi connectivity index (χ2v) is 2.94. The summed E-state index contributed by atoms with van der Waals surface area (Å²) in [6, 6.07) is 0. The molecule has 9 heavy (non-hydrogen) atoms. The lowest BCUT2D eigenvalue weighted by atomic mass is 9.98. The molecule has 0 heteroatoms. The van der Waals surface area contributed by atoms with E-state index in [2.05, 4.69) is 39.8 Å². The predicted octanol–water partition coefficient (Wildman–Crippen LogP) is 3.24. The minimum atomic E-state index is 0.741. The smallest absolute Gasteiger partial charge is 0.0239 e. The molecule has 0 bridgehead atoms. The van der Waals surface area contributed by atoms with Crippen LogP contribution in [0.5, 0.6) is 0 Å². The molecule has 0 saturated heterocycles. The van der Waals surface area contributed by atoms with Crippen LogP contribution < -0.4 is 0 Å². The average Bonchev–Trinajstić information content (AvgIpc) is 1.82. The van der Waals surface area contributed by atoms with Crippen LogP contribution in [0.2, 0.25) is 0 Å². The van der Waals surface area contributed by atoms with E-state index in [1.54, 1.807) is 0 Å². The third-order valence-corrected chi connectivity index (χ3v) is 1.73. The zero-order valence-electron chi connectivity index (χ0n) is 7.02. The number of hydrogen-bond donors (Lipinski definition) is 0. The Morgan fingerprint density at radius 1 is 1.22 bits per heavy atom. The molecule has 0 nitrogen and oxygen atoms in total. The molecule has 0 heterocycles. The van der Waals surface area contributed by atoms with E-state index >= 15 is 0 Å². The van der Waals surface area contributed by atoms with Crippen LogP contribution in [0.1, 0.15) is 34.1 Å². The SMILES string of the molecule is CC/C=C/[C@@H](C)C(C)C. The highest BCUT2D eigenvalue weighted by atomic mass is 14.1. The fourth-order valence-electron chi connectivity index (χ4n) is 0.573. The van der Waals surface area contributed by atoms with Crippen LogP contribution in [-0.4, -0.2) is 0 Å². The van der Waals surface area contributed by atoms with E-state index in [1.807, 2.05) is 0 Å². The Morgan fingerprint density at radius 2 is 1.78 bits per heavy atom. The van der Waals surface area contributed by atoms with E-state index < -0.39 is 0 Å². The van der Waals surface area contributed by atoms with Gasteiger partial charge in [-0.25, -0.2) is 0 Å². The van der Waals surface area contributed by atoms with Crippen LogP contribution in [0.4, 0.5) is 0 Å². The largest absolute Gasteiger partial charge is 0.0885 e. The summed E-state index contributed by atoms with van der Waals surface area (Å²) in [5, 5.41) is 0. The molecule has 0 aromatic heterocycles. The van der Waals surface area contributed by atoms with Crippen LogP contribution in [0.15, 0.2) is 12.2 Å². The Hall–Kier alpha value is -0.260. The van der Waals surface area contributed by atoms with Crippen molar-refractivity contribution >= 4 is 0 Å². The van der Waals surface area contributed by atoms with Gasteiger partial charge in [0.1, 0.15) is 0 Å². The Morgan fingerprint density at radius 3 is 2.11 bits per heavy atom. The second kappa shape index (κ2) is 4.60. The lowest BCUT2D eigenvalue weighted by molar-refractivity contribution is 0.503. The molecule has 0 unspecified atom stereocenters. The highest BCUT2D eigenvalue weighted by Crippen LogP contribution is 2.10. The molecule has 1 atom stereocenters. The van der Waals surface area contributed by atoms with Gasteiger partial charge in [-0.3, -0.25) is 0 Å². The van der Waals surface area contributed by atoms with Gasteiger partial charge in [-0.15, -0.1) is 0 Å². The molecule has 0 fully saturated rings. The summed E-state index contributed by atoms with van der Waals surface area (Å²) in [5.74, 6) is 1.53. The van der Waals surface area contributed by atoms with Crippen molar-refractivity contribution in [3.8, 4) is 0 Å². The molecule has 0 aliphatic rings. The molecule has 0 aliphatic heterocycles. The Labute approximate surface area is 59.0 Å². The van der Waals surface area contributed by atoms with Crippen LogP contribution in [-0.2, 0) is 0 Å². The van der Waals surface area contributed by atoms with Crippen molar-refractivity contribution in [1.29, 1.82) is 0 Å². The third-order valence-electron chi connectivity index (χ3n) is 1.73. The molecular formula is C9H18. The molecule has 54 valence electrons. The van der Waals surface area contributed by atoms with Crippen molar-refractivity contribution < 1.29 is 0 Å². The molecule has 0 spiro atoms. The number of allylic oxidation sites excluding steroid dienone is 2. The summed E-state index contributed by atoms with van der Waals surface area (Å²) in [7, 11) is 0. The van der Waals surface area contributed by atoms with Gasteiger partial charge in [0.25, 0.3) is 0 Å². The van der Waals surface area contributed by atoms with Gasteiger partial charge in [0.05, 0.1) is 0 Å². The van der Waals surface area contributed by atoms with Crippen molar-refractivity contribution in [2.45, 2.75) is 34.1 Å². The molecule has 0 rings (SSSR count). The fourth-order valence-corrected chi connectivity index (χ4v) is 0.573. The van der Waals surface area contributed by atoms with Crippen molar-refractivity contribution in [2.24, 2.45) is 11.8 Å². The molecular weight excluding hydrogens is 108 g/mol. The second-order valence-electron chi connectivity index (χ2n) is 2.94.